The van der Waals surface area contributed by atoms with E-state index >= 15 is 0 Å². The Morgan fingerprint density at radius 2 is 2.06 bits per heavy atom. The summed E-state index contributed by atoms with van der Waals surface area (Å²) in [6.45, 7) is 0.688. The predicted molar refractivity (Wildman–Crippen MR) is 120 cm³/mol. The molecule has 2 heterocycles. The van der Waals surface area contributed by atoms with Crippen LogP contribution in [0.5, 0.6) is 5.75 Å². The number of benzene rings is 1. The maximum Gasteiger partial charge on any atom is 0.459 e. The van der Waals surface area contributed by atoms with Gasteiger partial charge in [-0.3, -0.25) is 23.7 Å². The lowest BCUT2D eigenvalue weighted by atomic mass is 10.2. The largest absolute Gasteiger partial charge is 0.480 e. The number of aromatic nitrogens is 2. The van der Waals surface area contributed by atoms with E-state index < -0.39 is 59.8 Å². The Morgan fingerprint density at radius 3 is 2.67 bits per heavy atom. The van der Waals surface area contributed by atoms with Crippen LogP contribution in [0.4, 0.5) is 0 Å². The van der Waals surface area contributed by atoms with E-state index in [1.54, 1.807) is 18.2 Å². The van der Waals surface area contributed by atoms with Crippen LogP contribution in [0.3, 0.4) is 0 Å². The molecule has 15 heteroatoms. The number of carbonyl (C=O) groups is 1. The molecule has 12 nitrogen and oxygen atoms in total. The van der Waals surface area contributed by atoms with Crippen LogP contribution in [0.2, 0.25) is 0 Å². The van der Waals surface area contributed by atoms with Crippen molar-refractivity contribution in [2.75, 3.05) is 6.61 Å². The van der Waals surface area contributed by atoms with Gasteiger partial charge in [0.1, 0.15) is 24.0 Å². The summed E-state index contributed by atoms with van der Waals surface area (Å²) in [5, 5.41) is 22.1. The van der Waals surface area contributed by atoms with Crippen molar-refractivity contribution in [2.24, 2.45) is 0 Å². The van der Waals surface area contributed by atoms with Crippen molar-refractivity contribution < 1.29 is 33.4 Å². The van der Waals surface area contributed by atoms with E-state index in [1.165, 1.54) is 19.1 Å². The molecule has 1 aliphatic rings. The Morgan fingerprint density at radius 1 is 1.39 bits per heavy atom. The lowest BCUT2D eigenvalue weighted by Crippen LogP contribution is -2.41. The van der Waals surface area contributed by atoms with E-state index in [0.29, 0.717) is 0 Å². The molecule has 4 N–H and O–H groups in total. The van der Waals surface area contributed by atoms with Crippen molar-refractivity contribution in [3.63, 3.8) is 0 Å². The van der Waals surface area contributed by atoms with Crippen LogP contribution in [0.15, 0.2) is 52.2 Å². The quantitative estimate of drug-likeness (QED) is 0.256. The highest BCUT2D eigenvalue weighted by molar-refractivity contribution is 9.10. The summed E-state index contributed by atoms with van der Waals surface area (Å²) < 4.78 is 29.0. The Balaban J connectivity index is 1.80. The number of carboxylic acids is 1. The highest BCUT2D eigenvalue weighted by atomic mass is 79.9. The highest BCUT2D eigenvalue weighted by Gasteiger charge is 2.55. The minimum atomic E-state index is -4.28. The number of aromatic amines is 1. The molecule has 6 atom stereocenters. The first-order chi connectivity index (χ1) is 15.4. The molecule has 1 fully saturated rings. The first-order valence-electron chi connectivity index (χ1n) is 9.45. The number of alkyl halides is 2. The third kappa shape index (κ3) is 5.93. The second kappa shape index (κ2) is 10.1. The van der Waals surface area contributed by atoms with Gasteiger partial charge in [-0.05, 0) is 19.1 Å². The average Bonchev–Trinajstić information content (AvgIpc) is 2.96. The number of hydrogen-bond acceptors (Lipinski definition) is 8. The van der Waals surface area contributed by atoms with Crippen LogP contribution < -0.4 is 20.9 Å². The Labute approximate surface area is 200 Å². The Bertz CT molecular complexity index is 1160. The molecule has 33 heavy (non-hydrogen) atoms. The number of ether oxygens (including phenoxy) is 1. The number of aliphatic hydroxyl groups is 1. The summed E-state index contributed by atoms with van der Waals surface area (Å²) in [7, 11) is -4.28. The van der Waals surface area contributed by atoms with Gasteiger partial charge in [0.05, 0.1) is 6.61 Å². The molecule has 0 aliphatic carbocycles. The SMILES string of the molecule is C[C@H](NP(=O)(OC[C@H]1O[C@@H](n2ccc(=O)[nH]c2=O)[C@@](Cl)(Br)[C@@H]1O)Oc1ccccc1)C(=O)O. The van der Waals surface area contributed by atoms with Gasteiger partial charge in [0.15, 0.2) is 10.0 Å². The summed E-state index contributed by atoms with van der Waals surface area (Å²) >= 11 is 9.50. The fourth-order valence-corrected chi connectivity index (χ4v) is 5.32. The van der Waals surface area contributed by atoms with Crippen molar-refractivity contribution in [3.05, 3.63) is 63.4 Å². The summed E-state index contributed by atoms with van der Waals surface area (Å²) in [6.07, 6.45) is -2.85. The first-order valence-corrected chi connectivity index (χ1v) is 12.2. The van der Waals surface area contributed by atoms with Gasteiger partial charge < -0.3 is 19.5 Å². The molecular weight excluding hydrogens is 549 g/mol. The lowest BCUT2D eigenvalue weighted by Gasteiger charge is -2.25. The number of aliphatic carboxylic acids is 1. The summed E-state index contributed by atoms with van der Waals surface area (Å²) in [5.74, 6) is -1.16. The fraction of sp³-hybridized carbons (Fsp3) is 0.389. The number of para-hydroxylation sites is 1. The molecular formula is C18H20BrClN3O9P. The van der Waals surface area contributed by atoms with Crippen LogP contribution >= 0.6 is 35.3 Å². The van der Waals surface area contributed by atoms with Crippen molar-refractivity contribution in [1.82, 2.24) is 14.6 Å². The van der Waals surface area contributed by atoms with Crippen LogP contribution in [-0.4, -0.2) is 54.4 Å². The van der Waals surface area contributed by atoms with Gasteiger partial charge in [-0.1, -0.05) is 45.7 Å². The Kier molecular flexibility index (Phi) is 7.84. The number of aliphatic hydroxyl groups excluding tert-OH is 1. The average molecular weight is 569 g/mol. The van der Waals surface area contributed by atoms with E-state index in [4.69, 9.17) is 30.5 Å². The molecule has 1 saturated heterocycles. The molecule has 3 rings (SSSR count). The number of carboxylic acid groups (broad SMARTS) is 1. The minimum Gasteiger partial charge on any atom is -0.480 e. The van der Waals surface area contributed by atoms with Gasteiger partial charge in [-0.2, -0.15) is 5.09 Å². The zero-order chi connectivity index (χ0) is 24.4. The number of nitrogens with one attached hydrogen (secondary N) is 2. The Hall–Kier alpha value is -1.99. The predicted octanol–water partition coefficient (Wildman–Crippen LogP) is 1.39. The molecule has 0 saturated carbocycles. The normalized spacial score (nSPS) is 27.6. The van der Waals surface area contributed by atoms with Gasteiger partial charge in [-0.15, -0.1) is 0 Å². The van der Waals surface area contributed by atoms with Crippen molar-refractivity contribution in [2.45, 2.75) is 35.2 Å². The molecule has 0 radical (unpaired) electrons. The zero-order valence-electron chi connectivity index (χ0n) is 17.0. The number of halogens is 2. The third-order valence-electron chi connectivity index (χ3n) is 4.58. The van der Waals surface area contributed by atoms with Crippen LogP contribution in [0, 0.1) is 0 Å². The van der Waals surface area contributed by atoms with Crippen molar-refractivity contribution in [3.8, 4) is 5.75 Å². The van der Waals surface area contributed by atoms with E-state index in [9.17, 15) is 24.1 Å². The molecule has 0 bridgehead atoms. The smallest absolute Gasteiger partial charge is 0.459 e. The highest BCUT2D eigenvalue weighted by Crippen LogP contribution is 2.50. The summed E-state index contributed by atoms with van der Waals surface area (Å²) in [5.41, 5.74) is -1.47. The van der Waals surface area contributed by atoms with Gasteiger partial charge in [0, 0.05) is 12.3 Å². The fourth-order valence-electron chi connectivity index (χ4n) is 2.89. The summed E-state index contributed by atoms with van der Waals surface area (Å²) in [4.78, 5) is 36.8. The molecule has 1 aliphatic heterocycles. The van der Waals surface area contributed by atoms with E-state index in [2.05, 4.69) is 21.0 Å². The standard InChI is InChI=1S/C18H20BrClN3O9P/c1-10(15(26)27)22-33(29,32-11-5-3-2-4-6-11)30-9-12-14(25)18(19,20)16(31-12)23-8-7-13(24)21-17(23)28/h2-8,10,12,14,16,25H,9H2,1H3,(H,22,29)(H,26,27)(H,21,24,28)/t10-,12+,14+,16+,18+,33?/m0/s1. The first kappa shape index (κ1) is 25.6. The van der Waals surface area contributed by atoms with E-state index in [0.717, 1.165) is 16.8 Å². The van der Waals surface area contributed by atoms with Crippen molar-refractivity contribution >= 4 is 41.2 Å². The molecule has 1 aromatic carbocycles. The third-order valence-corrected chi connectivity index (χ3v) is 7.50. The maximum absolute atomic E-state index is 13.3. The van der Waals surface area contributed by atoms with Crippen molar-refractivity contribution in [1.29, 1.82) is 0 Å². The zero-order valence-corrected chi connectivity index (χ0v) is 20.2. The van der Waals surface area contributed by atoms with Crippen LogP contribution in [-0.2, 0) is 18.6 Å². The molecule has 0 spiro atoms. The second-order valence-corrected chi connectivity index (χ2v) is 11.1. The number of nitrogens with zero attached hydrogens (tertiary/aromatic N) is 1. The molecule has 0 amide bonds. The second-order valence-electron chi connectivity index (χ2n) is 7.05. The maximum atomic E-state index is 13.3. The molecule has 1 unspecified atom stereocenters. The number of rotatable bonds is 9. The van der Waals surface area contributed by atoms with E-state index in [-0.39, 0.29) is 5.75 Å². The van der Waals surface area contributed by atoms with Crippen LogP contribution in [0.1, 0.15) is 13.2 Å². The minimum absolute atomic E-state index is 0.142. The molecule has 2 aromatic rings. The van der Waals surface area contributed by atoms with Gasteiger partial charge in [0.2, 0.25) is 0 Å². The number of H-pyrrole nitrogens is 1. The van der Waals surface area contributed by atoms with Gasteiger partial charge in [-0.25, -0.2) is 9.36 Å². The molecule has 1 aromatic heterocycles. The summed E-state index contributed by atoms with van der Waals surface area (Å²) in [6, 6.07) is 7.68. The monoisotopic (exact) mass is 567 g/mol. The van der Waals surface area contributed by atoms with E-state index in [1.807, 2.05) is 4.98 Å². The number of hydrogen-bond donors (Lipinski definition) is 4. The topological polar surface area (TPSA) is 169 Å². The van der Waals surface area contributed by atoms with Gasteiger partial charge >= 0.3 is 19.4 Å². The van der Waals surface area contributed by atoms with Gasteiger partial charge in [0.25, 0.3) is 5.56 Å². The van der Waals surface area contributed by atoms with Crippen LogP contribution in [0.25, 0.3) is 0 Å². The molecule has 180 valence electrons. The lowest BCUT2D eigenvalue weighted by molar-refractivity contribution is -0.138.